The molecule has 0 aliphatic carbocycles. The molecule has 2 heterocycles. The van der Waals surface area contributed by atoms with E-state index in [0.29, 0.717) is 0 Å². The van der Waals surface area contributed by atoms with E-state index in [4.69, 9.17) is 4.84 Å². The van der Waals surface area contributed by atoms with Crippen molar-refractivity contribution in [2.24, 2.45) is 0 Å². The third kappa shape index (κ3) is 2.05. The second-order valence-corrected chi connectivity index (χ2v) is 7.46. The highest BCUT2D eigenvalue weighted by Crippen LogP contribution is 2.44. The van der Waals surface area contributed by atoms with E-state index in [-0.39, 0.29) is 6.04 Å². The number of fused-ring (bicyclic) bond motifs is 1. The summed E-state index contributed by atoms with van der Waals surface area (Å²) in [6.07, 6.45) is 1.20. The minimum absolute atomic E-state index is 0.353. The lowest BCUT2D eigenvalue weighted by Gasteiger charge is -2.27. The summed E-state index contributed by atoms with van der Waals surface area (Å²) in [5, 5.41) is 2.40. The fourth-order valence-corrected chi connectivity index (χ4v) is 4.83. The lowest BCUT2D eigenvalue weighted by molar-refractivity contribution is 0.115. The zero-order chi connectivity index (χ0) is 15.2. The Balaban J connectivity index is 1.84. The summed E-state index contributed by atoms with van der Waals surface area (Å²) >= 11 is 0. The molecule has 0 radical (unpaired) electrons. The number of anilines is 1. The normalized spacial score (nSPS) is 28.7. The maximum absolute atomic E-state index is 12.4. The molecular weight excluding hydrogens is 298 g/mol. The molecule has 0 aromatic heterocycles. The quantitative estimate of drug-likeness (QED) is 0.855. The molecule has 4 rings (SSSR count). The number of sulfone groups is 1. The molecule has 2 aliphatic rings. The van der Waals surface area contributed by atoms with Crippen molar-refractivity contribution in [3.05, 3.63) is 77.7 Å². The van der Waals surface area contributed by atoms with Crippen LogP contribution in [0.4, 0.5) is 5.69 Å². The van der Waals surface area contributed by atoms with Crippen LogP contribution < -0.4 is 5.06 Å². The molecule has 0 N–H and O–H groups in total. The highest BCUT2D eigenvalue weighted by molar-refractivity contribution is 7.95. The summed E-state index contributed by atoms with van der Waals surface area (Å²) < 4.78 is 24.8. The Hall–Kier alpha value is -2.11. The largest absolute Gasteiger partial charge is 0.264 e. The second-order valence-electron chi connectivity index (χ2n) is 5.47. The van der Waals surface area contributed by atoms with Gasteiger partial charge >= 0.3 is 0 Å². The molecule has 2 aromatic carbocycles. The van der Waals surface area contributed by atoms with Gasteiger partial charge in [0.05, 0.1) is 5.69 Å². The number of rotatable bonds is 2. The molecule has 0 amide bonds. The standard InChI is InChI=1S/C17H15NO3S/c19-22(20)12-11-15-17(22)16(13-7-3-1-4-8-13)18(21-15)14-9-5-2-6-10-14/h1-12,15-17H/t15-,16-,17+/m0/s1. The molecule has 112 valence electrons. The summed E-state index contributed by atoms with van der Waals surface area (Å²) in [5.41, 5.74) is 1.79. The van der Waals surface area contributed by atoms with E-state index >= 15 is 0 Å². The van der Waals surface area contributed by atoms with E-state index in [1.807, 2.05) is 60.7 Å². The zero-order valence-corrected chi connectivity index (χ0v) is 12.6. The molecule has 3 atom stereocenters. The predicted molar refractivity (Wildman–Crippen MR) is 84.8 cm³/mol. The first kappa shape index (κ1) is 13.5. The molecule has 0 unspecified atom stereocenters. The molecular formula is C17H15NO3S. The van der Waals surface area contributed by atoms with E-state index in [2.05, 4.69) is 0 Å². The summed E-state index contributed by atoms with van der Waals surface area (Å²) in [6.45, 7) is 0. The van der Waals surface area contributed by atoms with Crippen LogP contribution in [0.2, 0.25) is 0 Å². The fourth-order valence-electron chi connectivity index (χ4n) is 3.13. The SMILES string of the molecule is O=S1(=O)C=C[C@@H]2ON(c3ccccc3)[C@@H](c3ccccc3)[C@@H]21. The molecule has 1 fully saturated rings. The Kier molecular flexibility index (Phi) is 3.06. The van der Waals surface area contributed by atoms with Gasteiger partial charge in [-0.3, -0.25) is 4.84 Å². The van der Waals surface area contributed by atoms with Crippen molar-refractivity contribution < 1.29 is 13.3 Å². The van der Waals surface area contributed by atoms with Gasteiger partial charge in [0.25, 0.3) is 0 Å². The van der Waals surface area contributed by atoms with Gasteiger partial charge in [0.15, 0.2) is 9.84 Å². The molecule has 1 saturated heterocycles. The third-order valence-corrected chi connectivity index (χ3v) is 5.93. The first-order valence-corrected chi connectivity index (χ1v) is 8.76. The van der Waals surface area contributed by atoms with Gasteiger partial charge in [-0.25, -0.2) is 13.5 Å². The van der Waals surface area contributed by atoms with Gasteiger partial charge in [-0.15, -0.1) is 0 Å². The van der Waals surface area contributed by atoms with E-state index in [0.717, 1.165) is 11.3 Å². The van der Waals surface area contributed by atoms with Crippen molar-refractivity contribution in [1.29, 1.82) is 0 Å². The van der Waals surface area contributed by atoms with Crippen LogP contribution in [-0.4, -0.2) is 19.8 Å². The van der Waals surface area contributed by atoms with Crippen LogP contribution in [0.1, 0.15) is 11.6 Å². The van der Waals surface area contributed by atoms with Crippen molar-refractivity contribution in [2.75, 3.05) is 5.06 Å². The number of hydrogen-bond donors (Lipinski definition) is 0. The topological polar surface area (TPSA) is 46.6 Å². The predicted octanol–water partition coefficient (Wildman–Crippen LogP) is 2.86. The molecule has 0 saturated carbocycles. The first-order valence-electron chi connectivity index (χ1n) is 7.15. The van der Waals surface area contributed by atoms with Crippen LogP contribution in [0.3, 0.4) is 0 Å². The minimum Gasteiger partial charge on any atom is -0.264 e. The van der Waals surface area contributed by atoms with Crippen molar-refractivity contribution in [3.63, 3.8) is 0 Å². The molecule has 0 spiro atoms. The van der Waals surface area contributed by atoms with Gasteiger partial charge in [-0.2, -0.15) is 0 Å². The molecule has 5 heteroatoms. The van der Waals surface area contributed by atoms with E-state index < -0.39 is 21.2 Å². The van der Waals surface area contributed by atoms with Gasteiger partial charge < -0.3 is 0 Å². The summed E-state index contributed by atoms with van der Waals surface area (Å²) in [6, 6.07) is 18.9. The van der Waals surface area contributed by atoms with E-state index in [1.54, 1.807) is 11.1 Å². The van der Waals surface area contributed by atoms with Crippen LogP contribution in [0, 0.1) is 0 Å². The van der Waals surface area contributed by atoms with Crippen LogP contribution in [0.25, 0.3) is 0 Å². The smallest absolute Gasteiger partial charge is 0.179 e. The first-order chi connectivity index (χ1) is 10.7. The number of hydroxylamine groups is 1. The van der Waals surface area contributed by atoms with Gasteiger partial charge in [-0.1, -0.05) is 48.5 Å². The highest BCUT2D eigenvalue weighted by atomic mass is 32.2. The monoisotopic (exact) mass is 313 g/mol. The molecule has 2 aliphatic heterocycles. The summed E-state index contributed by atoms with van der Waals surface area (Å²) in [5.74, 6) is 0. The Morgan fingerprint density at radius 2 is 1.55 bits per heavy atom. The third-order valence-electron chi connectivity index (χ3n) is 4.11. The lowest BCUT2D eigenvalue weighted by atomic mass is 10.0. The summed E-state index contributed by atoms with van der Waals surface area (Å²) in [7, 11) is -3.31. The molecule has 0 bridgehead atoms. The highest BCUT2D eigenvalue weighted by Gasteiger charge is 2.52. The Morgan fingerprint density at radius 1 is 0.909 bits per heavy atom. The van der Waals surface area contributed by atoms with Gasteiger partial charge in [-0.05, 0) is 23.8 Å². The van der Waals surface area contributed by atoms with Gasteiger partial charge in [0.1, 0.15) is 17.4 Å². The van der Waals surface area contributed by atoms with E-state index in [1.165, 1.54) is 5.41 Å². The van der Waals surface area contributed by atoms with Crippen molar-refractivity contribution in [3.8, 4) is 0 Å². The van der Waals surface area contributed by atoms with Crippen LogP contribution >= 0.6 is 0 Å². The number of hydrogen-bond acceptors (Lipinski definition) is 4. The average Bonchev–Trinajstić information content (AvgIpc) is 3.07. The van der Waals surface area contributed by atoms with Crippen LogP contribution in [0.5, 0.6) is 0 Å². The van der Waals surface area contributed by atoms with Crippen LogP contribution in [0.15, 0.2) is 72.1 Å². The van der Waals surface area contributed by atoms with Crippen molar-refractivity contribution >= 4 is 15.5 Å². The lowest BCUT2D eigenvalue weighted by Crippen LogP contribution is -2.31. The summed E-state index contributed by atoms with van der Waals surface area (Å²) in [4.78, 5) is 5.94. The number of para-hydroxylation sites is 1. The fraction of sp³-hybridized carbons (Fsp3) is 0.176. The van der Waals surface area contributed by atoms with Crippen molar-refractivity contribution in [1.82, 2.24) is 0 Å². The molecule has 2 aromatic rings. The number of nitrogens with zero attached hydrogens (tertiary/aromatic N) is 1. The molecule has 22 heavy (non-hydrogen) atoms. The van der Waals surface area contributed by atoms with Crippen LogP contribution in [-0.2, 0) is 14.7 Å². The zero-order valence-electron chi connectivity index (χ0n) is 11.7. The van der Waals surface area contributed by atoms with E-state index in [9.17, 15) is 8.42 Å². The average molecular weight is 313 g/mol. The molecule has 4 nitrogen and oxygen atoms in total. The van der Waals surface area contributed by atoms with Gasteiger partial charge in [0, 0.05) is 5.41 Å². The second kappa shape index (κ2) is 4.97. The Bertz CT molecular complexity index is 802. The Morgan fingerprint density at radius 3 is 2.23 bits per heavy atom. The van der Waals surface area contributed by atoms with Crippen molar-refractivity contribution in [2.45, 2.75) is 17.4 Å². The number of benzene rings is 2. The maximum atomic E-state index is 12.4. The minimum atomic E-state index is -3.31. The van der Waals surface area contributed by atoms with Gasteiger partial charge in [0.2, 0.25) is 0 Å². The maximum Gasteiger partial charge on any atom is 0.179 e. The Labute approximate surface area is 129 Å².